The Bertz CT molecular complexity index is 995. The molecule has 0 spiro atoms. The van der Waals surface area contributed by atoms with Crippen LogP contribution in [0.3, 0.4) is 0 Å². The highest BCUT2D eigenvalue weighted by atomic mass is 32.2. The molecule has 0 heterocycles. The highest BCUT2D eigenvalue weighted by molar-refractivity contribution is 7.95. The second kappa shape index (κ2) is 17.4. The number of benzene rings is 1. The van der Waals surface area contributed by atoms with Crippen LogP contribution in [0.4, 0.5) is 5.69 Å². The van der Waals surface area contributed by atoms with Gasteiger partial charge >= 0.3 is 0 Å². The maximum Gasteiger partial charge on any atom is 0.154 e. The van der Waals surface area contributed by atoms with Gasteiger partial charge in [0.1, 0.15) is 28.7 Å². The molecule has 3 N–H and O–H groups in total. The van der Waals surface area contributed by atoms with Crippen LogP contribution in [0.1, 0.15) is 117 Å². The molecule has 0 aromatic heterocycles. The van der Waals surface area contributed by atoms with Crippen LogP contribution in [0, 0.1) is 5.41 Å². The average molecular weight is 558 g/mol. The first-order chi connectivity index (χ1) is 18.7. The lowest BCUT2D eigenvalue weighted by Gasteiger charge is -2.23. The summed E-state index contributed by atoms with van der Waals surface area (Å²) in [5.74, 6) is 1.42. The summed E-state index contributed by atoms with van der Waals surface area (Å²) in [5.41, 5.74) is 4.46. The monoisotopic (exact) mass is 557 g/mol. The van der Waals surface area contributed by atoms with Crippen molar-refractivity contribution < 1.29 is 14.4 Å². The Morgan fingerprint density at radius 2 is 1.54 bits per heavy atom. The number of nitrogens with one attached hydrogen (secondary N) is 2. The zero-order valence-corrected chi connectivity index (χ0v) is 25.7. The second-order valence-electron chi connectivity index (χ2n) is 11.5. The summed E-state index contributed by atoms with van der Waals surface area (Å²) in [6.45, 7) is 11.1. The van der Waals surface area contributed by atoms with E-state index in [2.05, 4.69) is 24.4 Å². The number of rotatable bonds is 18. The lowest BCUT2D eigenvalue weighted by Crippen LogP contribution is -2.18. The van der Waals surface area contributed by atoms with Crippen LogP contribution < -0.4 is 10.2 Å². The summed E-state index contributed by atoms with van der Waals surface area (Å²) >= 11 is -1.12. The SMILES string of the molecule is CCCCCCCCCCCC[S+]([O-])C1=CC(=N)/C(=N\Nc2cc(OCCCC)cc(C(C)(C)C)c2O)C=C1. The fourth-order valence-corrected chi connectivity index (χ4v) is 5.57. The number of nitrogens with zero attached hydrogens (tertiary/aromatic N) is 1. The molecular weight excluding hydrogens is 506 g/mol. The summed E-state index contributed by atoms with van der Waals surface area (Å²) in [5, 5.41) is 23.7. The maximum absolute atomic E-state index is 12.8. The minimum Gasteiger partial charge on any atom is -0.611 e. The smallest absolute Gasteiger partial charge is 0.154 e. The van der Waals surface area contributed by atoms with E-state index in [0.29, 0.717) is 34.4 Å². The third kappa shape index (κ3) is 11.8. The van der Waals surface area contributed by atoms with Gasteiger partial charge in [0.05, 0.1) is 12.3 Å². The first-order valence-electron chi connectivity index (χ1n) is 14.9. The molecule has 1 aliphatic rings. The average Bonchev–Trinajstić information content (AvgIpc) is 2.89. The number of allylic oxidation sites excluding steroid dienone is 3. The molecule has 7 heteroatoms. The Morgan fingerprint density at radius 3 is 2.13 bits per heavy atom. The van der Waals surface area contributed by atoms with Crippen molar-refractivity contribution in [2.75, 3.05) is 17.8 Å². The molecular formula is C32H51N3O3S. The van der Waals surface area contributed by atoms with E-state index in [4.69, 9.17) is 10.1 Å². The summed E-state index contributed by atoms with van der Waals surface area (Å²) in [6.07, 6.45) is 19.6. The first-order valence-corrected chi connectivity index (χ1v) is 16.2. The minimum atomic E-state index is -1.12. The van der Waals surface area contributed by atoms with Gasteiger partial charge in [-0.2, -0.15) is 5.10 Å². The van der Waals surface area contributed by atoms with Crippen molar-refractivity contribution >= 4 is 28.3 Å². The number of aromatic hydroxyl groups is 1. The highest BCUT2D eigenvalue weighted by Gasteiger charge is 2.23. The Morgan fingerprint density at radius 1 is 0.923 bits per heavy atom. The Balaban J connectivity index is 1.89. The summed E-state index contributed by atoms with van der Waals surface area (Å²) in [7, 11) is 0. The lowest BCUT2D eigenvalue weighted by atomic mass is 9.86. The Labute approximate surface area is 240 Å². The molecule has 2 rings (SSSR count). The molecule has 0 bridgehead atoms. The van der Waals surface area contributed by atoms with Crippen LogP contribution in [0.2, 0.25) is 0 Å². The number of ether oxygens (including phenoxy) is 1. The molecule has 0 aliphatic heterocycles. The van der Waals surface area contributed by atoms with E-state index in [1.165, 1.54) is 51.4 Å². The molecule has 1 aliphatic carbocycles. The van der Waals surface area contributed by atoms with Crippen LogP contribution in [-0.2, 0) is 16.6 Å². The van der Waals surface area contributed by atoms with Gasteiger partial charge in [-0.15, -0.1) is 0 Å². The van der Waals surface area contributed by atoms with Crippen LogP contribution >= 0.6 is 0 Å². The van der Waals surface area contributed by atoms with Crippen molar-refractivity contribution in [3.8, 4) is 11.5 Å². The summed E-state index contributed by atoms with van der Waals surface area (Å²) < 4.78 is 18.7. The zero-order chi connectivity index (χ0) is 28.7. The van der Waals surface area contributed by atoms with Crippen molar-refractivity contribution in [3.63, 3.8) is 0 Å². The molecule has 6 nitrogen and oxygen atoms in total. The van der Waals surface area contributed by atoms with Gasteiger partial charge in [0.15, 0.2) is 4.91 Å². The summed E-state index contributed by atoms with van der Waals surface area (Å²) in [6, 6.07) is 3.62. The normalized spacial score (nSPS) is 15.5. The van der Waals surface area contributed by atoms with E-state index in [-0.39, 0.29) is 16.9 Å². The largest absolute Gasteiger partial charge is 0.611 e. The van der Waals surface area contributed by atoms with Crippen LogP contribution in [0.5, 0.6) is 11.5 Å². The Kier molecular flexibility index (Phi) is 14.7. The van der Waals surface area contributed by atoms with Crippen LogP contribution in [0.15, 0.2) is 40.4 Å². The topological polar surface area (TPSA) is 101 Å². The number of phenols is 1. The zero-order valence-electron chi connectivity index (χ0n) is 24.9. The standard InChI is InChI=1S/C32H51N3O3S/c1-6-8-10-11-12-13-14-15-16-17-21-39(37)26-18-19-29(28(33)24-26)34-35-30-23-25(38-20-9-7-2)22-27(31(30)36)32(3,4)5/h18-19,22-24,33,35-36H,6-17,20-21H2,1-5H3/b33-28?,34-29-. The van der Waals surface area contributed by atoms with Crippen molar-refractivity contribution in [2.24, 2.45) is 5.10 Å². The van der Waals surface area contributed by atoms with E-state index in [9.17, 15) is 9.66 Å². The number of hydrogen-bond donors (Lipinski definition) is 3. The highest BCUT2D eigenvalue weighted by Crippen LogP contribution is 2.39. The maximum atomic E-state index is 12.8. The number of unbranched alkanes of at least 4 members (excludes halogenated alkanes) is 10. The quantitative estimate of drug-likeness (QED) is 0.0552. The summed E-state index contributed by atoms with van der Waals surface area (Å²) in [4.78, 5) is 0.666. The fourth-order valence-electron chi connectivity index (χ4n) is 4.40. The van der Waals surface area contributed by atoms with E-state index < -0.39 is 11.2 Å². The van der Waals surface area contributed by atoms with Crippen molar-refractivity contribution in [3.05, 3.63) is 40.8 Å². The van der Waals surface area contributed by atoms with Crippen molar-refractivity contribution in [2.45, 2.75) is 117 Å². The third-order valence-electron chi connectivity index (χ3n) is 6.87. The molecule has 39 heavy (non-hydrogen) atoms. The number of anilines is 1. The van der Waals surface area contributed by atoms with E-state index in [0.717, 1.165) is 31.2 Å². The van der Waals surface area contributed by atoms with Crippen molar-refractivity contribution in [1.82, 2.24) is 0 Å². The molecule has 1 aromatic carbocycles. The molecule has 1 aromatic rings. The lowest BCUT2D eigenvalue weighted by molar-refractivity contribution is 0.308. The van der Waals surface area contributed by atoms with E-state index >= 15 is 0 Å². The molecule has 1 atom stereocenters. The van der Waals surface area contributed by atoms with Gasteiger partial charge in [0, 0.05) is 17.7 Å². The molecule has 0 saturated carbocycles. The number of hydrogen-bond acceptors (Lipinski definition) is 6. The van der Waals surface area contributed by atoms with Crippen molar-refractivity contribution in [1.29, 1.82) is 5.41 Å². The minimum absolute atomic E-state index is 0.120. The molecule has 0 fully saturated rings. The number of phenolic OH excluding ortho intramolecular Hbond substituents is 1. The molecule has 0 amide bonds. The van der Waals surface area contributed by atoms with Gasteiger partial charge < -0.3 is 14.4 Å². The molecule has 0 radical (unpaired) electrons. The van der Waals surface area contributed by atoms with Gasteiger partial charge in [-0.3, -0.25) is 10.8 Å². The van der Waals surface area contributed by atoms with Crippen LogP contribution in [0.25, 0.3) is 0 Å². The van der Waals surface area contributed by atoms with Gasteiger partial charge in [0.25, 0.3) is 0 Å². The predicted molar refractivity (Wildman–Crippen MR) is 168 cm³/mol. The van der Waals surface area contributed by atoms with Gasteiger partial charge in [-0.25, -0.2) is 0 Å². The molecule has 218 valence electrons. The van der Waals surface area contributed by atoms with Gasteiger partial charge in [-0.1, -0.05) is 92.4 Å². The third-order valence-corrected chi connectivity index (χ3v) is 8.31. The number of hydrazone groups is 1. The predicted octanol–water partition coefficient (Wildman–Crippen LogP) is 8.78. The second-order valence-corrected chi connectivity index (χ2v) is 13.0. The first kappa shape index (κ1) is 33.0. The van der Waals surface area contributed by atoms with Gasteiger partial charge in [-0.05, 0) is 54.1 Å². The van der Waals surface area contributed by atoms with Gasteiger partial charge in [0.2, 0.25) is 0 Å². The fraction of sp³-hybridized carbons (Fsp3) is 0.625. The molecule has 0 saturated heterocycles. The van der Waals surface area contributed by atoms with E-state index in [1.807, 2.05) is 26.8 Å². The Hall–Kier alpha value is -2.25. The van der Waals surface area contributed by atoms with Crippen LogP contribution in [-0.4, -0.2) is 33.4 Å². The molecule has 1 unspecified atom stereocenters. The van der Waals surface area contributed by atoms with E-state index in [1.54, 1.807) is 24.3 Å².